The van der Waals surface area contributed by atoms with Crippen LogP contribution in [-0.4, -0.2) is 58.9 Å². The summed E-state index contributed by atoms with van der Waals surface area (Å²) in [6.45, 7) is 5.31. The number of rotatable bonds is 5. The fraction of sp³-hybridized carbons (Fsp3) is 0.533. The van der Waals surface area contributed by atoms with Crippen LogP contribution in [0.5, 0.6) is 0 Å². The molecule has 2 aromatic rings. The van der Waals surface area contributed by atoms with E-state index in [1.807, 2.05) is 11.0 Å². The Hall–Kier alpha value is -2.73. The normalized spacial score (nSPS) is 29.2. The zero-order chi connectivity index (χ0) is 24.7. The van der Waals surface area contributed by atoms with Gasteiger partial charge >= 0.3 is 6.03 Å². The summed E-state index contributed by atoms with van der Waals surface area (Å²) in [6, 6.07) is 17.5. The molecule has 3 aliphatic heterocycles. The number of hydrogen-bond acceptors (Lipinski definition) is 3. The van der Waals surface area contributed by atoms with Gasteiger partial charge < -0.3 is 9.80 Å². The highest BCUT2D eigenvalue weighted by Crippen LogP contribution is 2.44. The van der Waals surface area contributed by atoms with Crippen LogP contribution in [0.4, 0.5) is 14.9 Å². The van der Waals surface area contributed by atoms with Crippen molar-refractivity contribution in [2.75, 3.05) is 24.5 Å². The smallest absolute Gasteiger partial charge is 0.350 e. The second kappa shape index (κ2) is 9.62. The second-order valence-electron chi connectivity index (χ2n) is 11.3. The first-order chi connectivity index (χ1) is 17.5. The summed E-state index contributed by atoms with van der Waals surface area (Å²) in [6.07, 6.45) is 8.84. The Balaban J connectivity index is 1.33. The summed E-state index contributed by atoms with van der Waals surface area (Å²) < 4.78 is 14.3. The van der Waals surface area contributed by atoms with Crippen LogP contribution in [0.2, 0.25) is 0 Å². The SMILES string of the molecule is C[C@H]1C[C@]2(CCN1CC1CCC1)C(N1CCCC1Cc1ccccc1)=NC(=O)N2c1cccc(F)c1. The first kappa shape index (κ1) is 23.7. The molecular weight excluding hydrogens is 451 g/mol. The molecule has 6 rings (SSSR count). The molecule has 3 atom stereocenters. The van der Waals surface area contributed by atoms with Crippen LogP contribution in [-0.2, 0) is 6.42 Å². The minimum atomic E-state index is -0.528. The van der Waals surface area contributed by atoms with Crippen molar-refractivity contribution >= 4 is 17.6 Å². The van der Waals surface area contributed by atoms with E-state index in [1.54, 1.807) is 6.07 Å². The highest BCUT2D eigenvalue weighted by Gasteiger charge is 2.56. The molecule has 4 aliphatic rings. The van der Waals surface area contributed by atoms with Gasteiger partial charge in [0.1, 0.15) is 17.2 Å². The lowest BCUT2D eigenvalue weighted by Gasteiger charge is -2.51. The van der Waals surface area contributed by atoms with E-state index in [0.717, 1.165) is 63.5 Å². The van der Waals surface area contributed by atoms with E-state index in [9.17, 15) is 9.18 Å². The summed E-state index contributed by atoms with van der Waals surface area (Å²) in [7, 11) is 0. The third-order valence-electron chi connectivity index (χ3n) is 9.05. The highest BCUT2D eigenvalue weighted by atomic mass is 19.1. The zero-order valence-corrected chi connectivity index (χ0v) is 21.3. The van der Waals surface area contributed by atoms with Crippen molar-refractivity contribution in [2.24, 2.45) is 10.9 Å². The average Bonchev–Trinajstić information content (AvgIpc) is 3.39. The molecule has 5 nitrogen and oxygen atoms in total. The predicted molar refractivity (Wildman–Crippen MR) is 142 cm³/mol. The number of urea groups is 1. The van der Waals surface area contributed by atoms with Crippen molar-refractivity contribution in [2.45, 2.75) is 75.9 Å². The third kappa shape index (κ3) is 4.23. The lowest BCUT2D eigenvalue weighted by Crippen LogP contribution is -2.64. The predicted octanol–water partition coefficient (Wildman–Crippen LogP) is 5.89. The Morgan fingerprint density at radius 3 is 2.58 bits per heavy atom. The monoisotopic (exact) mass is 488 g/mol. The Morgan fingerprint density at radius 1 is 1.03 bits per heavy atom. The number of nitrogens with zero attached hydrogens (tertiary/aromatic N) is 4. The number of likely N-dealkylation sites (tertiary alicyclic amines) is 2. The van der Waals surface area contributed by atoms with Crippen LogP contribution in [0.1, 0.15) is 57.4 Å². The number of benzene rings is 2. The fourth-order valence-corrected chi connectivity index (χ4v) is 7.00. The van der Waals surface area contributed by atoms with E-state index in [1.165, 1.54) is 37.0 Å². The lowest BCUT2D eigenvalue weighted by atomic mass is 9.78. The van der Waals surface area contributed by atoms with Gasteiger partial charge in [-0.1, -0.05) is 42.8 Å². The summed E-state index contributed by atoms with van der Waals surface area (Å²) >= 11 is 0. The lowest BCUT2D eigenvalue weighted by molar-refractivity contribution is 0.0875. The van der Waals surface area contributed by atoms with Gasteiger partial charge in [0.15, 0.2) is 0 Å². The number of amides is 2. The van der Waals surface area contributed by atoms with Gasteiger partial charge in [0.2, 0.25) is 0 Å². The van der Waals surface area contributed by atoms with Gasteiger partial charge in [-0.2, -0.15) is 4.99 Å². The molecule has 1 aliphatic carbocycles. The van der Waals surface area contributed by atoms with E-state index < -0.39 is 5.54 Å². The van der Waals surface area contributed by atoms with Crippen molar-refractivity contribution < 1.29 is 9.18 Å². The first-order valence-corrected chi connectivity index (χ1v) is 13.8. The first-order valence-electron chi connectivity index (χ1n) is 13.8. The van der Waals surface area contributed by atoms with Gasteiger partial charge in [-0.3, -0.25) is 4.90 Å². The number of carbonyl (C=O) groups excluding carboxylic acids is 1. The summed E-state index contributed by atoms with van der Waals surface area (Å²) in [5.74, 6) is 1.42. The van der Waals surface area contributed by atoms with Gasteiger partial charge in [0.25, 0.3) is 0 Å². The maximum absolute atomic E-state index is 14.3. The van der Waals surface area contributed by atoms with Crippen LogP contribution in [0.25, 0.3) is 0 Å². The molecule has 0 N–H and O–H groups in total. The van der Waals surface area contributed by atoms with E-state index in [-0.39, 0.29) is 11.8 Å². The molecule has 3 fully saturated rings. The summed E-state index contributed by atoms with van der Waals surface area (Å²) in [4.78, 5) is 25.2. The van der Waals surface area contributed by atoms with E-state index in [0.29, 0.717) is 17.8 Å². The molecule has 1 saturated carbocycles. The van der Waals surface area contributed by atoms with E-state index >= 15 is 0 Å². The molecule has 0 aromatic heterocycles. The number of aliphatic imine (C=N–C) groups is 1. The van der Waals surface area contributed by atoms with E-state index in [2.05, 4.69) is 47.1 Å². The summed E-state index contributed by atoms with van der Waals surface area (Å²) in [5.41, 5.74) is 1.41. The molecular formula is C30H37FN4O. The van der Waals surface area contributed by atoms with Crippen molar-refractivity contribution in [1.29, 1.82) is 0 Å². The molecule has 0 bridgehead atoms. The highest BCUT2D eigenvalue weighted by molar-refractivity contribution is 6.16. The standard InChI is InChI=1S/C30H37FN4O/c1-22-20-30(15-17-33(22)21-24-10-5-11-24)28(32-29(36)35(30)27-13-6-12-25(31)19-27)34-16-7-14-26(34)18-23-8-3-2-4-9-23/h2-4,6,8-9,12-13,19,22,24,26H,5,7,10-11,14-18,20-21H2,1H3/t22-,26?,30+/m0/s1. The van der Waals surface area contributed by atoms with Gasteiger partial charge in [-0.25, -0.2) is 9.18 Å². The molecule has 3 heterocycles. The van der Waals surface area contributed by atoms with Gasteiger partial charge in [0.05, 0.1) is 0 Å². The zero-order valence-electron chi connectivity index (χ0n) is 21.3. The molecule has 190 valence electrons. The number of amidine groups is 1. The maximum Gasteiger partial charge on any atom is 0.350 e. The number of halogens is 1. The van der Waals surface area contributed by atoms with Crippen LogP contribution in [0, 0.1) is 11.7 Å². The minimum absolute atomic E-state index is 0.249. The van der Waals surface area contributed by atoms with Gasteiger partial charge in [-0.15, -0.1) is 0 Å². The molecule has 0 radical (unpaired) electrons. The summed E-state index contributed by atoms with van der Waals surface area (Å²) in [5, 5.41) is 0. The number of anilines is 1. The number of carbonyl (C=O) groups is 1. The topological polar surface area (TPSA) is 39.1 Å². The largest absolute Gasteiger partial charge is 0.355 e. The molecule has 36 heavy (non-hydrogen) atoms. The van der Waals surface area contributed by atoms with Crippen molar-refractivity contribution in [3.05, 3.63) is 66.0 Å². The van der Waals surface area contributed by atoms with Crippen molar-refractivity contribution in [3.8, 4) is 0 Å². The number of piperidine rings is 1. The van der Waals surface area contributed by atoms with Gasteiger partial charge in [-0.05, 0) is 81.5 Å². The maximum atomic E-state index is 14.3. The van der Waals surface area contributed by atoms with Crippen LogP contribution < -0.4 is 4.90 Å². The van der Waals surface area contributed by atoms with Crippen LogP contribution >= 0.6 is 0 Å². The van der Waals surface area contributed by atoms with E-state index in [4.69, 9.17) is 4.99 Å². The minimum Gasteiger partial charge on any atom is -0.355 e. The third-order valence-corrected chi connectivity index (χ3v) is 9.05. The Kier molecular flexibility index (Phi) is 6.32. The van der Waals surface area contributed by atoms with Crippen LogP contribution in [0.3, 0.4) is 0 Å². The molecule has 1 unspecified atom stereocenters. The molecule has 1 spiro atoms. The second-order valence-corrected chi connectivity index (χ2v) is 11.3. The molecule has 2 amide bonds. The molecule has 2 saturated heterocycles. The quantitative estimate of drug-likeness (QED) is 0.526. The Labute approximate surface area is 214 Å². The molecule has 6 heteroatoms. The molecule has 2 aromatic carbocycles. The van der Waals surface area contributed by atoms with Crippen LogP contribution in [0.15, 0.2) is 59.6 Å². The van der Waals surface area contributed by atoms with Gasteiger partial charge in [0, 0.05) is 37.4 Å². The number of hydrogen-bond donors (Lipinski definition) is 0. The average molecular weight is 489 g/mol. The Morgan fingerprint density at radius 2 is 1.86 bits per heavy atom. The van der Waals surface area contributed by atoms with Crippen molar-refractivity contribution in [3.63, 3.8) is 0 Å². The fourth-order valence-electron chi connectivity index (χ4n) is 7.00. The van der Waals surface area contributed by atoms with Crippen molar-refractivity contribution in [1.82, 2.24) is 9.80 Å². The Bertz CT molecular complexity index is 1130.